The Morgan fingerprint density at radius 2 is 1.71 bits per heavy atom. The lowest BCUT2D eigenvalue weighted by Gasteiger charge is -2.15. The fraction of sp³-hybridized carbons (Fsp3) is 0.278. The fourth-order valence-corrected chi connectivity index (χ4v) is 2.22. The number of hydrogen-bond donors (Lipinski definition) is 2. The lowest BCUT2D eigenvalue weighted by molar-refractivity contribution is -0.115. The van der Waals surface area contributed by atoms with Gasteiger partial charge in [-0.15, -0.1) is 0 Å². The van der Waals surface area contributed by atoms with E-state index in [0.29, 0.717) is 0 Å². The van der Waals surface area contributed by atoms with Crippen molar-refractivity contribution in [3.63, 3.8) is 0 Å². The largest absolute Gasteiger partial charge is 0.322 e. The minimum absolute atomic E-state index is 0.0866. The van der Waals surface area contributed by atoms with Gasteiger partial charge in [0, 0.05) is 6.04 Å². The van der Waals surface area contributed by atoms with E-state index >= 15 is 0 Å². The number of aryl methyl sites for hydroxylation is 1. The van der Waals surface area contributed by atoms with Gasteiger partial charge in [0.25, 0.3) is 0 Å². The molecular formula is C18H19F3N2O. The number of rotatable bonds is 6. The first-order valence-corrected chi connectivity index (χ1v) is 7.68. The van der Waals surface area contributed by atoms with Crippen LogP contribution in [-0.2, 0) is 11.2 Å². The van der Waals surface area contributed by atoms with E-state index in [1.165, 1.54) is 5.56 Å². The summed E-state index contributed by atoms with van der Waals surface area (Å²) in [5.74, 6) is -4.86. The highest BCUT2D eigenvalue weighted by Crippen LogP contribution is 2.19. The predicted molar refractivity (Wildman–Crippen MR) is 87.2 cm³/mol. The molecule has 0 spiro atoms. The number of halogens is 3. The van der Waals surface area contributed by atoms with Crippen LogP contribution < -0.4 is 10.6 Å². The van der Waals surface area contributed by atoms with Crippen molar-refractivity contribution in [2.45, 2.75) is 26.3 Å². The number of nitrogens with one attached hydrogen (secondary N) is 2. The summed E-state index contributed by atoms with van der Waals surface area (Å²) in [7, 11) is 0. The zero-order valence-corrected chi connectivity index (χ0v) is 13.5. The third-order valence-electron chi connectivity index (χ3n) is 3.77. The van der Waals surface area contributed by atoms with Crippen LogP contribution in [0.4, 0.5) is 18.9 Å². The summed E-state index contributed by atoms with van der Waals surface area (Å²) in [6, 6.07) is 9.65. The Kier molecular flexibility index (Phi) is 5.98. The molecule has 0 aliphatic carbocycles. The van der Waals surface area contributed by atoms with Gasteiger partial charge in [0.15, 0.2) is 17.5 Å². The molecule has 2 rings (SSSR count). The Morgan fingerprint density at radius 1 is 1.04 bits per heavy atom. The molecule has 0 saturated carbocycles. The molecule has 6 heteroatoms. The van der Waals surface area contributed by atoms with Gasteiger partial charge in [-0.25, -0.2) is 13.2 Å². The molecule has 0 aromatic heterocycles. The van der Waals surface area contributed by atoms with Crippen molar-refractivity contribution in [3.8, 4) is 0 Å². The van der Waals surface area contributed by atoms with Crippen LogP contribution in [0.5, 0.6) is 0 Å². The quantitative estimate of drug-likeness (QED) is 0.784. The molecule has 0 heterocycles. The van der Waals surface area contributed by atoms with Gasteiger partial charge in [0.1, 0.15) is 0 Å². The average molecular weight is 336 g/mol. The van der Waals surface area contributed by atoms with Crippen LogP contribution in [0.3, 0.4) is 0 Å². The number of amides is 1. The molecule has 2 N–H and O–H groups in total. The molecule has 2 aromatic rings. The van der Waals surface area contributed by atoms with Crippen molar-refractivity contribution in [2.75, 3.05) is 11.9 Å². The Hall–Kier alpha value is -2.34. The summed E-state index contributed by atoms with van der Waals surface area (Å²) < 4.78 is 39.5. The van der Waals surface area contributed by atoms with E-state index in [1.54, 1.807) is 0 Å². The zero-order chi connectivity index (χ0) is 17.7. The number of carbonyl (C=O) groups excluding carboxylic acids is 1. The van der Waals surface area contributed by atoms with E-state index < -0.39 is 23.4 Å². The Morgan fingerprint density at radius 3 is 2.33 bits per heavy atom. The van der Waals surface area contributed by atoms with Gasteiger partial charge in [-0.05, 0) is 36.6 Å². The van der Waals surface area contributed by atoms with E-state index in [9.17, 15) is 18.0 Å². The molecule has 128 valence electrons. The monoisotopic (exact) mass is 336 g/mol. The zero-order valence-electron chi connectivity index (χ0n) is 13.5. The highest BCUT2D eigenvalue weighted by atomic mass is 19.2. The van der Waals surface area contributed by atoms with E-state index in [1.807, 2.05) is 31.2 Å². The lowest BCUT2D eigenvalue weighted by Crippen LogP contribution is -2.30. The maximum Gasteiger partial charge on any atom is 0.238 e. The molecule has 0 unspecified atom stereocenters. The molecule has 0 fully saturated rings. The number of benzene rings is 2. The summed E-state index contributed by atoms with van der Waals surface area (Å²) in [5, 5.41) is 5.22. The molecule has 0 radical (unpaired) electrons. The van der Waals surface area contributed by atoms with Crippen molar-refractivity contribution in [3.05, 3.63) is 65.0 Å². The Balaban J connectivity index is 1.92. The smallest absolute Gasteiger partial charge is 0.238 e. The first-order valence-electron chi connectivity index (χ1n) is 7.68. The second-order valence-corrected chi connectivity index (χ2v) is 5.47. The average Bonchev–Trinajstić information content (AvgIpc) is 2.60. The molecule has 0 aliphatic rings. The highest BCUT2D eigenvalue weighted by molar-refractivity contribution is 5.92. The third kappa shape index (κ3) is 4.35. The van der Waals surface area contributed by atoms with Gasteiger partial charge in [0.05, 0.1) is 12.2 Å². The Labute approximate surface area is 138 Å². The first-order chi connectivity index (χ1) is 11.4. The van der Waals surface area contributed by atoms with Crippen molar-refractivity contribution in [1.29, 1.82) is 0 Å². The van der Waals surface area contributed by atoms with Crippen molar-refractivity contribution >= 4 is 11.6 Å². The highest BCUT2D eigenvalue weighted by Gasteiger charge is 2.15. The summed E-state index contributed by atoms with van der Waals surface area (Å²) in [6.07, 6.45) is 0.949. The number of hydrogen-bond acceptors (Lipinski definition) is 2. The van der Waals surface area contributed by atoms with Gasteiger partial charge in [-0.1, -0.05) is 31.2 Å². The van der Waals surface area contributed by atoms with Crippen LogP contribution in [0, 0.1) is 17.5 Å². The van der Waals surface area contributed by atoms with Gasteiger partial charge in [-0.3, -0.25) is 4.79 Å². The number of carbonyl (C=O) groups is 1. The van der Waals surface area contributed by atoms with Crippen LogP contribution in [-0.4, -0.2) is 12.5 Å². The number of anilines is 1. The van der Waals surface area contributed by atoms with E-state index in [4.69, 9.17) is 0 Å². The van der Waals surface area contributed by atoms with Crippen molar-refractivity contribution < 1.29 is 18.0 Å². The molecule has 3 nitrogen and oxygen atoms in total. The summed E-state index contributed by atoms with van der Waals surface area (Å²) in [5.41, 5.74) is 1.84. The lowest BCUT2D eigenvalue weighted by atomic mass is 10.1. The third-order valence-corrected chi connectivity index (χ3v) is 3.77. The van der Waals surface area contributed by atoms with Crippen LogP contribution in [0.2, 0.25) is 0 Å². The molecule has 2 aromatic carbocycles. The Bertz CT molecular complexity index is 717. The second-order valence-electron chi connectivity index (χ2n) is 5.47. The predicted octanol–water partition coefficient (Wildman–Crippen LogP) is 3.96. The van der Waals surface area contributed by atoms with Gasteiger partial charge < -0.3 is 10.6 Å². The first kappa shape index (κ1) is 18.0. The summed E-state index contributed by atoms with van der Waals surface area (Å²) in [4.78, 5) is 11.8. The summed E-state index contributed by atoms with van der Waals surface area (Å²) in [6.45, 7) is 3.87. The topological polar surface area (TPSA) is 41.1 Å². The van der Waals surface area contributed by atoms with Gasteiger partial charge in [-0.2, -0.15) is 0 Å². The van der Waals surface area contributed by atoms with E-state index in [0.717, 1.165) is 24.1 Å². The van der Waals surface area contributed by atoms with Crippen LogP contribution in [0.25, 0.3) is 0 Å². The van der Waals surface area contributed by atoms with E-state index in [-0.39, 0.29) is 18.3 Å². The maximum atomic E-state index is 13.5. The standard InChI is InChI=1S/C18H19F3N2O/c1-3-12-4-6-13(7-5-12)11(2)22-10-16(24)23-15-9-8-14(19)17(20)18(15)21/h4-9,11,22H,3,10H2,1-2H3,(H,23,24)/t11-/m1/s1. The van der Waals surface area contributed by atoms with Gasteiger partial charge in [0.2, 0.25) is 5.91 Å². The SMILES string of the molecule is CCc1ccc([C@@H](C)NCC(=O)Nc2ccc(F)c(F)c2F)cc1. The fourth-order valence-electron chi connectivity index (χ4n) is 2.22. The molecule has 0 bridgehead atoms. The van der Waals surface area contributed by atoms with Crippen molar-refractivity contribution in [1.82, 2.24) is 5.32 Å². The van der Waals surface area contributed by atoms with Crippen molar-refractivity contribution in [2.24, 2.45) is 0 Å². The molecular weight excluding hydrogens is 317 g/mol. The molecule has 0 saturated heterocycles. The van der Waals surface area contributed by atoms with Crippen LogP contribution >= 0.6 is 0 Å². The summed E-state index contributed by atoms with van der Waals surface area (Å²) >= 11 is 0. The molecule has 24 heavy (non-hydrogen) atoms. The minimum Gasteiger partial charge on any atom is -0.322 e. The molecule has 0 aliphatic heterocycles. The van der Waals surface area contributed by atoms with Crippen LogP contribution in [0.1, 0.15) is 31.0 Å². The second kappa shape index (κ2) is 7.97. The van der Waals surface area contributed by atoms with Gasteiger partial charge >= 0.3 is 0 Å². The minimum atomic E-state index is -1.61. The molecule has 1 atom stereocenters. The maximum absolute atomic E-state index is 13.5. The van der Waals surface area contributed by atoms with E-state index in [2.05, 4.69) is 17.6 Å². The van der Waals surface area contributed by atoms with Crippen LogP contribution in [0.15, 0.2) is 36.4 Å². The normalized spacial score (nSPS) is 12.0. The molecule has 1 amide bonds.